The molecule has 3 rings (SSSR count). The van der Waals surface area contributed by atoms with Crippen molar-refractivity contribution in [2.45, 2.75) is 0 Å². The molecule has 21 heavy (non-hydrogen) atoms. The minimum absolute atomic E-state index is 0.187. The number of benzene rings is 1. The first-order valence-electron chi connectivity index (χ1n) is 6.66. The van der Waals surface area contributed by atoms with Crippen molar-refractivity contribution in [3.05, 3.63) is 50.9 Å². The minimum Gasteiger partial charge on any atom is -0.366 e. The molecule has 0 aliphatic carbocycles. The van der Waals surface area contributed by atoms with Gasteiger partial charge in [-0.05, 0) is 18.2 Å². The van der Waals surface area contributed by atoms with Crippen LogP contribution in [0.2, 0.25) is 10.0 Å². The summed E-state index contributed by atoms with van der Waals surface area (Å²) in [7, 11) is 0. The van der Waals surface area contributed by atoms with E-state index in [0.717, 1.165) is 26.2 Å². The second-order valence-electron chi connectivity index (χ2n) is 4.78. The number of hydrogen-bond donors (Lipinski definition) is 1. The molecule has 1 saturated heterocycles. The number of piperazine rings is 1. The molecule has 2 aromatic rings. The zero-order valence-corrected chi connectivity index (χ0v) is 12.7. The van der Waals surface area contributed by atoms with Gasteiger partial charge in [-0.3, -0.25) is 4.79 Å². The first kappa shape index (κ1) is 14.4. The van der Waals surface area contributed by atoms with Crippen molar-refractivity contribution in [2.24, 2.45) is 0 Å². The molecule has 1 aliphatic rings. The molecule has 1 N–H and O–H groups in total. The average Bonchev–Trinajstić information content (AvgIpc) is 2.51. The van der Waals surface area contributed by atoms with Crippen LogP contribution in [0, 0.1) is 0 Å². The number of aromatic nitrogens is 2. The van der Waals surface area contributed by atoms with Gasteiger partial charge in [-0.15, -0.1) is 0 Å². The van der Waals surface area contributed by atoms with Gasteiger partial charge < -0.3 is 10.2 Å². The third-order valence-electron chi connectivity index (χ3n) is 3.41. The number of nitrogens with zero attached hydrogens (tertiary/aromatic N) is 3. The van der Waals surface area contributed by atoms with Gasteiger partial charge in [-0.25, -0.2) is 0 Å². The van der Waals surface area contributed by atoms with Crippen molar-refractivity contribution in [2.75, 3.05) is 31.1 Å². The van der Waals surface area contributed by atoms with Gasteiger partial charge in [0, 0.05) is 31.2 Å². The zero-order valence-electron chi connectivity index (χ0n) is 11.2. The van der Waals surface area contributed by atoms with E-state index in [4.69, 9.17) is 23.2 Å². The molecule has 1 aliphatic heterocycles. The summed E-state index contributed by atoms with van der Waals surface area (Å²) in [6.07, 6.45) is 1.63. The van der Waals surface area contributed by atoms with Crippen molar-refractivity contribution in [1.29, 1.82) is 0 Å². The van der Waals surface area contributed by atoms with Crippen LogP contribution in [-0.4, -0.2) is 36.0 Å². The van der Waals surface area contributed by atoms with E-state index in [9.17, 15) is 4.79 Å². The van der Waals surface area contributed by atoms with E-state index in [2.05, 4.69) is 15.3 Å². The van der Waals surface area contributed by atoms with Gasteiger partial charge in [0.05, 0.1) is 17.6 Å². The van der Waals surface area contributed by atoms with Crippen LogP contribution < -0.4 is 15.8 Å². The number of hydrogen-bond acceptors (Lipinski definition) is 4. The van der Waals surface area contributed by atoms with E-state index < -0.39 is 0 Å². The smallest absolute Gasteiger partial charge is 0.292 e. The van der Waals surface area contributed by atoms with E-state index in [1.165, 1.54) is 4.68 Å². The molecule has 0 bridgehead atoms. The highest BCUT2D eigenvalue weighted by molar-refractivity contribution is 6.33. The molecule has 2 heterocycles. The largest absolute Gasteiger partial charge is 0.366 e. The molecule has 0 amide bonds. The molecule has 0 unspecified atom stereocenters. The summed E-state index contributed by atoms with van der Waals surface area (Å²) in [5.74, 6) is 0. The van der Waals surface area contributed by atoms with Crippen LogP contribution >= 0.6 is 23.2 Å². The van der Waals surface area contributed by atoms with Crippen LogP contribution in [0.15, 0.2) is 35.3 Å². The Morgan fingerprint density at radius 3 is 2.67 bits per heavy atom. The van der Waals surface area contributed by atoms with Gasteiger partial charge in [-0.1, -0.05) is 29.3 Å². The second-order valence-corrected chi connectivity index (χ2v) is 5.59. The molecule has 0 saturated carbocycles. The topological polar surface area (TPSA) is 50.2 Å². The highest BCUT2D eigenvalue weighted by Crippen LogP contribution is 2.22. The summed E-state index contributed by atoms with van der Waals surface area (Å²) in [4.78, 5) is 14.5. The summed E-state index contributed by atoms with van der Waals surface area (Å²) in [5.41, 5.74) is 0.942. The third-order valence-corrected chi connectivity index (χ3v) is 4.00. The first-order valence-corrected chi connectivity index (χ1v) is 7.42. The Morgan fingerprint density at radius 1 is 1.19 bits per heavy atom. The summed E-state index contributed by atoms with van der Waals surface area (Å²) in [5, 5.41) is 8.22. The Hall–Kier alpha value is -1.56. The van der Waals surface area contributed by atoms with Crippen molar-refractivity contribution >= 4 is 28.9 Å². The van der Waals surface area contributed by atoms with Crippen molar-refractivity contribution in [1.82, 2.24) is 15.1 Å². The monoisotopic (exact) mass is 324 g/mol. The van der Waals surface area contributed by atoms with Gasteiger partial charge in [0.1, 0.15) is 5.02 Å². The fourth-order valence-corrected chi connectivity index (χ4v) is 2.77. The summed E-state index contributed by atoms with van der Waals surface area (Å²) in [6.45, 7) is 3.35. The highest BCUT2D eigenvalue weighted by atomic mass is 35.5. The lowest BCUT2D eigenvalue weighted by atomic mass is 10.3. The Balaban J connectivity index is 2.02. The van der Waals surface area contributed by atoms with E-state index >= 15 is 0 Å². The number of halogens is 2. The van der Waals surface area contributed by atoms with Gasteiger partial charge >= 0.3 is 0 Å². The van der Waals surface area contributed by atoms with Crippen LogP contribution in [0.1, 0.15) is 0 Å². The van der Waals surface area contributed by atoms with Crippen molar-refractivity contribution in [3.63, 3.8) is 0 Å². The lowest BCUT2D eigenvalue weighted by Crippen LogP contribution is -2.44. The van der Waals surface area contributed by atoms with E-state index in [1.807, 2.05) is 0 Å². The summed E-state index contributed by atoms with van der Waals surface area (Å²) in [6, 6.07) is 6.95. The van der Waals surface area contributed by atoms with Gasteiger partial charge in [0.15, 0.2) is 0 Å². The molecular formula is C14H14Cl2N4O. The van der Waals surface area contributed by atoms with Crippen LogP contribution in [0.3, 0.4) is 0 Å². The Kier molecular flexibility index (Phi) is 4.14. The maximum absolute atomic E-state index is 12.4. The molecule has 0 atom stereocenters. The quantitative estimate of drug-likeness (QED) is 0.917. The second kappa shape index (κ2) is 6.05. The standard InChI is InChI=1S/C14H14Cl2N4O/c15-10-2-1-3-11(8-10)20-14(21)13(16)12(9-18-20)19-6-4-17-5-7-19/h1-3,8-9,17H,4-7H2. The molecule has 110 valence electrons. The molecule has 0 radical (unpaired) electrons. The molecule has 1 aromatic carbocycles. The molecule has 1 fully saturated rings. The van der Waals surface area contributed by atoms with Crippen molar-refractivity contribution < 1.29 is 0 Å². The molecule has 1 aromatic heterocycles. The van der Waals surface area contributed by atoms with E-state index in [0.29, 0.717) is 16.4 Å². The fourth-order valence-electron chi connectivity index (χ4n) is 2.34. The van der Waals surface area contributed by atoms with E-state index in [-0.39, 0.29) is 10.6 Å². The third kappa shape index (κ3) is 2.90. The number of anilines is 1. The zero-order chi connectivity index (χ0) is 14.8. The Morgan fingerprint density at radius 2 is 1.95 bits per heavy atom. The minimum atomic E-state index is -0.338. The Bertz CT molecular complexity index is 710. The van der Waals surface area contributed by atoms with Gasteiger partial charge in [0.2, 0.25) is 0 Å². The summed E-state index contributed by atoms with van der Waals surface area (Å²) >= 11 is 12.2. The lowest BCUT2D eigenvalue weighted by molar-refractivity contribution is 0.587. The Labute approximate surface area is 132 Å². The SMILES string of the molecule is O=c1c(Cl)c(N2CCNCC2)cnn1-c1cccc(Cl)c1. The van der Waals surface area contributed by atoms with Crippen LogP contribution in [-0.2, 0) is 0 Å². The normalized spacial score (nSPS) is 15.2. The molecule has 5 nitrogen and oxygen atoms in total. The number of rotatable bonds is 2. The predicted octanol–water partition coefficient (Wildman–Crippen LogP) is 1.95. The highest BCUT2D eigenvalue weighted by Gasteiger charge is 2.18. The first-order chi connectivity index (χ1) is 10.2. The fraction of sp³-hybridized carbons (Fsp3) is 0.286. The molecular weight excluding hydrogens is 311 g/mol. The number of nitrogens with one attached hydrogen (secondary N) is 1. The van der Waals surface area contributed by atoms with Crippen molar-refractivity contribution in [3.8, 4) is 5.69 Å². The maximum atomic E-state index is 12.4. The van der Waals surface area contributed by atoms with Gasteiger partial charge in [-0.2, -0.15) is 9.78 Å². The molecule has 0 spiro atoms. The lowest BCUT2D eigenvalue weighted by Gasteiger charge is -2.29. The molecule has 7 heteroatoms. The maximum Gasteiger partial charge on any atom is 0.292 e. The summed E-state index contributed by atoms with van der Waals surface area (Å²) < 4.78 is 1.26. The average molecular weight is 325 g/mol. The predicted molar refractivity (Wildman–Crippen MR) is 84.9 cm³/mol. The van der Waals surface area contributed by atoms with Gasteiger partial charge in [0.25, 0.3) is 5.56 Å². The van der Waals surface area contributed by atoms with Crippen LogP contribution in [0.25, 0.3) is 5.69 Å². The van der Waals surface area contributed by atoms with Crippen LogP contribution in [0.5, 0.6) is 0 Å². The van der Waals surface area contributed by atoms with Crippen LogP contribution in [0.4, 0.5) is 5.69 Å². The van der Waals surface area contributed by atoms with E-state index in [1.54, 1.807) is 30.5 Å².